The number of hydrogen-bond acceptors (Lipinski definition) is 1. The van der Waals surface area contributed by atoms with Crippen molar-refractivity contribution in [2.75, 3.05) is 13.1 Å². The summed E-state index contributed by atoms with van der Waals surface area (Å²) >= 11 is 11.0. The van der Waals surface area contributed by atoms with E-state index in [1.807, 2.05) is 0 Å². The van der Waals surface area contributed by atoms with Gasteiger partial charge in [0, 0.05) is 13.1 Å². The van der Waals surface area contributed by atoms with Gasteiger partial charge in [-0.1, -0.05) is 23.2 Å². The summed E-state index contributed by atoms with van der Waals surface area (Å²) in [5.41, 5.74) is 0. The Bertz CT molecular complexity index is 55.8. The van der Waals surface area contributed by atoms with Gasteiger partial charge in [0.1, 0.15) is 4.33 Å². The molecular formula is C3H5Cl2N. The summed E-state index contributed by atoms with van der Waals surface area (Å²) in [4.78, 5) is 0. The van der Waals surface area contributed by atoms with Gasteiger partial charge in [-0.2, -0.15) is 0 Å². The van der Waals surface area contributed by atoms with E-state index >= 15 is 0 Å². The first kappa shape index (κ1) is 4.69. The lowest BCUT2D eigenvalue weighted by molar-refractivity contribution is 0.493. The molecule has 0 aromatic carbocycles. The molecule has 6 heavy (non-hydrogen) atoms. The number of nitrogens with one attached hydrogen (secondary N) is 1. The van der Waals surface area contributed by atoms with Crippen molar-refractivity contribution in [1.29, 1.82) is 0 Å². The Morgan fingerprint density at radius 2 is 1.67 bits per heavy atom. The average molecular weight is 126 g/mol. The monoisotopic (exact) mass is 125 g/mol. The topological polar surface area (TPSA) is 12.0 Å². The minimum Gasteiger partial charge on any atom is -0.311 e. The fraction of sp³-hybridized carbons (Fsp3) is 1.00. The van der Waals surface area contributed by atoms with Crippen molar-refractivity contribution in [3.05, 3.63) is 0 Å². The highest BCUT2D eigenvalue weighted by molar-refractivity contribution is 6.49. The van der Waals surface area contributed by atoms with Gasteiger partial charge in [-0.05, 0) is 0 Å². The van der Waals surface area contributed by atoms with Crippen molar-refractivity contribution in [2.45, 2.75) is 4.33 Å². The first-order valence-corrected chi connectivity index (χ1v) is 2.55. The van der Waals surface area contributed by atoms with Crippen LogP contribution in [0.4, 0.5) is 0 Å². The molecule has 0 saturated carbocycles. The molecule has 0 spiro atoms. The first-order valence-electron chi connectivity index (χ1n) is 1.79. The fourth-order valence-corrected chi connectivity index (χ4v) is 0.692. The van der Waals surface area contributed by atoms with Crippen LogP contribution < -0.4 is 5.32 Å². The summed E-state index contributed by atoms with van der Waals surface area (Å²) in [6, 6.07) is 0. The van der Waals surface area contributed by atoms with Crippen molar-refractivity contribution >= 4 is 23.2 Å². The maximum atomic E-state index is 5.51. The van der Waals surface area contributed by atoms with E-state index in [1.54, 1.807) is 0 Å². The van der Waals surface area contributed by atoms with Gasteiger partial charge in [-0.15, -0.1) is 0 Å². The van der Waals surface area contributed by atoms with Crippen molar-refractivity contribution in [3.8, 4) is 0 Å². The molecule has 3 heteroatoms. The molecule has 0 bridgehead atoms. The third kappa shape index (κ3) is 0.780. The van der Waals surface area contributed by atoms with E-state index in [4.69, 9.17) is 23.2 Å². The van der Waals surface area contributed by atoms with Crippen LogP contribution in [0.3, 0.4) is 0 Å². The molecule has 1 saturated heterocycles. The molecule has 0 aromatic rings. The van der Waals surface area contributed by atoms with Crippen LogP contribution >= 0.6 is 23.2 Å². The van der Waals surface area contributed by atoms with E-state index in [0.717, 1.165) is 13.1 Å². The van der Waals surface area contributed by atoms with E-state index in [-0.39, 0.29) is 0 Å². The molecule has 0 atom stereocenters. The van der Waals surface area contributed by atoms with Gasteiger partial charge in [0.15, 0.2) is 0 Å². The lowest BCUT2D eigenvalue weighted by atomic mass is 10.3. The van der Waals surface area contributed by atoms with E-state index in [9.17, 15) is 0 Å². The molecule has 0 unspecified atom stereocenters. The van der Waals surface area contributed by atoms with Crippen LogP contribution in [0.2, 0.25) is 0 Å². The van der Waals surface area contributed by atoms with Gasteiger partial charge >= 0.3 is 0 Å². The molecule has 0 aliphatic carbocycles. The minimum atomic E-state index is -0.444. The standard InChI is InChI=1S/C3H5Cl2N/c4-3(5)1-6-2-3/h6H,1-2H2. The highest BCUT2D eigenvalue weighted by Crippen LogP contribution is 2.23. The molecule has 36 valence electrons. The number of rotatable bonds is 0. The summed E-state index contributed by atoms with van der Waals surface area (Å²) in [5, 5.41) is 2.94. The van der Waals surface area contributed by atoms with E-state index in [2.05, 4.69) is 5.32 Å². The third-order valence-corrected chi connectivity index (χ3v) is 1.30. The molecule has 1 aliphatic heterocycles. The zero-order valence-corrected chi connectivity index (χ0v) is 4.68. The summed E-state index contributed by atoms with van der Waals surface area (Å²) < 4.78 is -0.444. The highest BCUT2D eigenvalue weighted by Gasteiger charge is 2.30. The Kier molecular flexibility index (Phi) is 0.981. The second kappa shape index (κ2) is 1.25. The molecular weight excluding hydrogens is 121 g/mol. The fourth-order valence-electron chi connectivity index (χ4n) is 0.314. The van der Waals surface area contributed by atoms with Gasteiger partial charge in [0.05, 0.1) is 0 Å². The Balaban J connectivity index is 2.31. The lowest BCUT2D eigenvalue weighted by Crippen LogP contribution is -2.51. The Morgan fingerprint density at radius 1 is 1.33 bits per heavy atom. The van der Waals surface area contributed by atoms with E-state index in [0.29, 0.717) is 0 Å². The van der Waals surface area contributed by atoms with Crippen molar-refractivity contribution < 1.29 is 0 Å². The smallest absolute Gasteiger partial charge is 0.142 e. The van der Waals surface area contributed by atoms with Crippen molar-refractivity contribution in [3.63, 3.8) is 0 Å². The maximum Gasteiger partial charge on any atom is 0.142 e. The molecule has 0 radical (unpaired) electrons. The largest absolute Gasteiger partial charge is 0.311 e. The molecule has 1 heterocycles. The zero-order chi connectivity index (χ0) is 4.62. The van der Waals surface area contributed by atoms with Crippen LogP contribution in [0.1, 0.15) is 0 Å². The Morgan fingerprint density at radius 3 is 1.67 bits per heavy atom. The zero-order valence-electron chi connectivity index (χ0n) is 3.17. The molecule has 1 aliphatic rings. The maximum absolute atomic E-state index is 5.51. The molecule has 0 aromatic heterocycles. The van der Waals surface area contributed by atoms with Crippen molar-refractivity contribution in [2.24, 2.45) is 0 Å². The van der Waals surface area contributed by atoms with Crippen LogP contribution in [0.15, 0.2) is 0 Å². The average Bonchev–Trinajstić information content (AvgIpc) is 1.32. The number of halogens is 2. The van der Waals surface area contributed by atoms with Crippen LogP contribution in [-0.2, 0) is 0 Å². The van der Waals surface area contributed by atoms with Crippen LogP contribution in [0, 0.1) is 0 Å². The second-order valence-corrected chi connectivity index (χ2v) is 3.10. The normalized spacial score (nSPS) is 29.0. The van der Waals surface area contributed by atoms with Gasteiger partial charge < -0.3 is 5.32 Å². The Labute approximate surface area is 46.6 Å². The first-order chi connectivity index (χ1) is 2.71. The molecule has 0 amide bonds. The SMILES string of the molecule is ClC1(Cl)CNC1. The molecule has 1 N–H and O–H groups in total. The highest BCUT2D eigenvalue weighted by atomic mass is 35.5. The van der Waals surface area contributed by atoms with Crippen LogP contribution in [0.25, 0.3) is 0 Å². The summed E-state index contributed by atoms with van der Waals surface area (Å²) in [6.07, 6.45) is 0. The molecule has 1 fully saturated rings. The number of alkyl halides is 2. The minimum absolute atomic E-state index is 0.444. The summed E-state index contributed by atoms with van der Waals surface area (Å²) in [6.45, 7) is 1.46. The van der Waals surface area contributed by atoms with Gasteiger partial charge in [0.25, 0.3) is 0 Å². The quantitative estimate of drug-likeness (QED) is 0.472. The summed E-state index contributed by atoms with van der Waals surface area (Å²) in [7, 11) is 0. The second-order valence-electron chi connectivity index (χ2n) is 1.46. The van der Waals surface area contributed by atoms with Gasteiger partial charge in [0.2, 0.25) is 0 Å². The van der Waals surface area contributed by atoms with Crippen LogP contribution in [0.5, 0.6) is 0 Å². The Hall–Kier alpha value is 0.540. The van der Waals surface area contributed by atoms with Crippen LogP contribution in [-0.4, -0.2) is 17.4 Å². The third-order valence-electron chi connectivity index (χ3n) is 0.767. The molecule has 1 rings (SSSR count). The predicted octanol–water partition coefficient (Wildman–Crippen LogP) is 0.763. The van der Waals surface area contributed by atoms with E-state index in [1.165, 1.54) is 0 Å². The summed E-state index contributed by atoms with van der Waals surface area (Å²) in [5.74, 6) is 0. The predicted molar refractivity (Wildman–Crippen MR) is 27.3 cm³/mol. The molecule has 1 nitrogen and oxygen atoms in total. The van der Waals surface area contributed by atoms with Crippen molar-refractivity contribution in [1.82, 2.24) is 5.32 Å². The number of hydrogen-bond donors (Lipinski definition) is 1. The lowest BCUT2D eigenvalue weighted by Gasteiger charge is -2.29. The van der Waals surface area contributed by atoms with E-state index < -0.39 is 4.33 Å². The van der Waals surface area contributed by atoms with Gasteiger partial charge in [-0.25, -0.2) is 0 Å². The van der Waals surface area contributed by atoms with Gasteiger partial charge in [-0.3, -0.25) is 0 Å².